The van der Waals surface area contributed by atoms with Crippen LogP contribution in [0.3, 0.4) is 0 Å². The van der Waals surface area contributed by atoms with E-state index in [1.807, 2.05) is 0 Å². The number of hydrogen-bond acceptors (Lipinski definition) is 3. The van der Waals surface area contributed by atoms with Crippen LogP contribution in [0.4, 0.5) is 0 Å². The highest BCUT2D eigenvalue weighted by atomic mass is 79.9. The third-order valence-corrected chi connectivity index (χ3v) is 2.96. The van der Waals surface area contributed by atoms with E-state index < -0.39 is 5.97 Å². The lowest BCUT2D eigenvalue weighted by atomic mass is 10.1. The van der Waals surface area contributed by atoms with E-state index in [2.05, 4.69) is 15.9 Å². The number of carboxylic acid groups (broad SMARTS) is 1. The van der Waals surface area contributed by atoms with E-state index in [1.54, 1.807) is 18.2 Å². The Morgan fingerprint density at radius 3 is 2.83 bits per heavy atom. The van der Waals surface area contributed by atoms with Crippen molar-refractivity contribution in [3.05, 3.63) is 50.3 Å². The first-order chi connectivity index (χ1) is 8.49. The maximum absolute atomic E-state index is 12.1. The van der Waals surface area contributed by atoms with Crippen molar-refractivity contribution in [3.8, 4) is 0 Å². The lowest BCUT2D eigenvalue weighted by molar-refractivity contribution is -0.132. The summed E-state index contributed by atoms with van der Waals surface area (Å²) in [5.41, 5.74) is 0.517. The van der Waals surface area contributed by atoms with Crippen molar-refractivity contribution in [2.45, 2.75) is 6.92 Å². The Hall–Kier alpha value is -1.88. The van der Waals surface area contributed by atoms with Gasteiger partial charge in [0.2, 0.25) is 0 Å². The SMILES string of the molecule is C/C(=C\c1coc2ccc(Br)cc2c1=O)C(=O)O. The third-order valence-electron chi connectivity index (χ3n) is 2.47. The topological polar surface area (TPSA) is 67.5 Å². The molecule has 4 nitrogen and oxygen atoms in total. The summed E-state index contributed by atoms with van der Waals surface area (Å²) < 4.78 is 6.06. The van der Waals surface area contributed by atoms with Gasteiger partial charge in [-0.25, -0.2) is 4.79 Å². The van der Waals surface area contributed by atoms with Crippen molar-refractivity contribution in [2.75, 3.05) is 0 Å². The minimum Gasteiger partial charge on any atom is -0.478 e. The van der Waals surface area contributed by atoms with E-state index in [4.69, 9.17) is 9.52 Å². The summed E-state index contributed by atoms with van der Waals surface area (Å²) in [5.74, 6) is -1.07. The number of hydrogen-bond donors (Lipinski definition) is 1. The molecular weight excluding hydrogens is 300 g/mol. The van der Waals surface area contributed by atoms with Gasteiger partial charge in [-0.05, 0) is 31.2 Å². The molecule has 2 aromatic rings. The number of fused-ring (bicyclic) bond motifs is 1. The number of benzene rings is 1. The maximum Gasteiger partial charge on any atom is 0.331 e. The average Bonchev–Trinajstić information content (AvgIpc) is 2.33. The molecular formula is C13H9BrO4. The molecule has 2 rings (SSSR count). The first-order valence-corrected chi connectivity index (χ1v) is 5.91. The van der Waals surface area contributed by atoms with Gasteiger partial charge in [0, 0.05) is 10.0 Å². The molecule has 0 aliphatic carbocycles. The second-order valence-electron chi connectivity index (χ2n) is 3.79. The lowest BCUT2D eigenvalue weighted by Gasteiger charge is -2.00. The van der Waals surface area contributed by atoms with E-state index >= 15 is 0 Å². The molecule has 0 bridgehead atoms. The van der Waals surface area contributed by atoms with Gasteiger partial charge < -0.3 is 9.52 Å². The van der Waals surface area contributed by atoms with Crippen LogP contribution in [-0.2, 0) is 4.79 Å². The number of rotatable bonds is 2. The zero-order valence-electron chi connectivity index (χ0n) is 9.44. The zero-order valence-corrected chi connectivity index (χ0v) is 11.0. The summed E-state index contributed by atoms with van der Waals surface area (Å²) in [7, 11) is 0. The summed E-state index contributed by atoms with van der Waals surface area (Å²) in [6, 6.07) is 5.09. The van der Waals surface area contributed by atoms with Crippen LogP contribution in [0.1, 0.15) is 12.5 Å². The smallest absolute Gasteiger partial charge is 0.331 e. The number of carbonyl (C=O) groups is 1. The summed E-state index contributed by atoms with van der Waals surface area (Å²) in [6.45, 7) is 1.42. The Balaban J connectivity index is 2.68. The second-order valence-corrected chi connectivity index (χ2v) is 4.71. The van der Waals surface area contributed by atoms with E-state index in [0.29, 0.717) is 11.0 Å². The number of halogens is 1. The summed E-state index contributed by atoms with van der Waals surface area (Å²) >= 11 is 3.28. The second kappa shape index (κ2) is 4.78. The largest absolute Gasteiger partial charge is 0.478 e. The van der Waals surface area contributed by atoms with Gasteiger partial charge >= 0.3 is 5.97 Å². The monoisotopic (exact) mass is 308 g/mol. The molecule has 1 heterocycles. The quantitative estimate of drug-likeness (QED) is 0.866. The van der Waals surface area contributed by atoms with Crippen molar-refractivity contribution < 1.29 is 14.3 Å². The van der Waals surface area contributed by atoms with Gasteiger partial charge in [0.15, 0.2) is 5.43 Å². The van der Waals surface area contributed by atoms with E-state index in [1.165, 1.54) is 19.3 Å². The standard InChI is InChI=1S/C13H9BrO4/c1-7(13(16)17)4-8-6-18-11-3-2-9(14)5-10(11)12(8)15/h2-6H,1H3,(H,16,17)/b7-4+. The van der Waals surface area contributed by atoms with Crippen molar-refractivity contribution in [1.82, 2.24) is 0 Å². The highest BCUT2D eigenvalue weighted by molar-refractivity contribution is 9.10. The van der Waals surface area contributed by atoms with E-state index in [0.717, 1.165) is 4.47 Å². The molecule has 0 saturated carbocycles. The van der Waals surface area contributed by atoms with Gasteiger partial charge in [-0.1, -0.05) is 15.9 Å². The van der Waals surface area contributed by atoms with Crippen LogP contribution in [0.2, 0.25) is 0 Å². The van der Waals surface area contributed by atoms with E-state index in [-0.39, 0.29) is 16.6 Å². The van der Waals surface area contributed by atoms with Gasteiger partial charge in [-0.2, -0.15) is 0 Å². The van der Waals surface area contributed by atoms with E-state index in [9.17, 15) is 9.59 Å². The Bertz CT molecular complexity index is 712. The molecule has 0 aliphatic heterocycles. The van der Waals surface area contributed by atoms with Gasteiger partial charge in [0.05, 0.1) is 10.9 Å². The van der Waals surface area contributed by atoms with Crippen LogP contribution in [0.15, 0.2) is 43.7 Å². The lowest BCUT2D eigenvalue weighted by Crippen LogP contribution is -2.06. The molecule has 0 saturated heterocycles. The fraction of sp³-hybridized carbons (Fsp3) is 0.0769. The normalized spacial score (nSPS) is 11.8. The molecule has 1 aromatic carbocycles. The van der Waals surface area contributed by atoms with Crippen LogP contribution >= 0.6 is 15.9 Å². The predicted molar refractivity (Wildman–Crippen MR) is 71.5 cm³/mol. The first-order valence-electron chi connectivity index (χ1n) is 5.11. The Kier molecular flexibility index (Phi) is 3.34. The summed E-state index contributed by atoms with van der Waals surface area (Å²) in [5, 5.41) is 9.20. The van der Waals surface area contributed by atoms with Crippen molar-refractivity contribution in [3.63, 3.8) is 0 Å². The molecule has 0 aliphatic rings. The molecule has 0 spiro atoms. The molecule has 1 aromatic heterocycles. The van der Waals surface area contributed by atoms with Crippen LogP contribution in [0.5, 0.6) is 0 Å². The Morgan fingerprint density at radius 2 is 2.17 bits per heavy atom. The molecule has 0 radical (unpaired) electrons. The Morgan fingerprint density at radius 1 is 1.44 bits per heavy atom. The molecule has 92 valence electrons. The predicted octanol–water partition coefficient (Wildman–Crippen LogP) is 3.04. The highest BCUT2D eigenvalue weighted by Crippen LogP contribution is 2.18. The third kappa shape index (κ3) is 2.36. The molecule has 1 N–H and O–H groups in total. The van der Waals surface area contributed by atoms with Gasteiger partial charge in [0.1, 0.15) is 11.8 Å². The molecule has 0 fully saturated rings. The molecule has 5 heteroatoms. The van der Waals surface area contributed by atoms with Crippen molar-refractivity contribution >= 4 is 38.9 Å². The van der Waals surface area contributed by atoms with Crippen LogP contribution in [0.25, 0.3) is 17.0 Å². The van der Waals surface area contributed by atoms with Gasteiger partial charge in [-0.3, -0.25) is 4.79 Å². The minimum absolute atomic E-state index is 0.0802. The van der Waals surface area contributed by atoms with Crippen LogP contribution < -0.4 is 5.43 Å². The van der Waals surface area contributed by atoms with Gasteiger partial charge in [-0.15, -0.1) is 0 Å². The number of carboxylic acids is 1. The van der Waals surface area contributed by atoms with Gasteiger partial charge in [0.25, 0.3) is 0 Å². The first kappa shape index (κ1) is 12.6. The highest BCUT2D eigenvalue weighted by Gasteiger charge is 2.08. The maximum atomic E-state index is 12.1. The fourth-order valence-corrected chi connectivity index (χ4v) is 1.87. The average molecular weight is 309 g/mol. The van der Waals surface area contributed by atoms with Crippen LogP contribution in [0, 0.1) is 0 Å². The molecule has 0 atom stereocenters. The molecule has 0 amide bonds. The van der Waals surface area contributed by atoms with Crippen molar-refractivity contribution in [1.29, 1.82) is 0 Å². The molecule has 0 unspecified atom stereocenters. The van der Waals surface area contributed by atoms with Crippen LogP contribution in [-0.4, -0.2) is 11.1 Å². The minimum atomic E-state index is -1.07. The molecule has 18 heavy (non-hydrogen) atoms. The summed E-state index contributed by atoms with van der Waals surface area (Å²) in [6.07, 6.45) is 2.57. The fourth-order valence-electron chi connectivity index (χ4n) is 1.51. The number of aliphatic carboxylic acids is 1. The zero-order chi connectivity index (χ0) is 13.3. The van der Waals surface area contributed by atoms with Crippen molar-refractivity contribution in [2.24, 2.45) is 0 Å². The summed E-state index contributed by atoms with van der Waals surface area (Å²) in [4.78, 5) is 22.8. The Labute approximate surface area is 111 Å².